The van der Waals surface area contributed by atoms with Crippen LogP contribution in [0.2, 0.25) is 0 Å². The van der Waals surface area contributed by atoms with Crippen LogP contribution in [-0.4, -0.2) is 5.78 Å². The quantitative estimate of drug-likeness (QED) is 0.727. The number of alkyl halides is 3. The minimum Gasteiger partial charge on any atom is -0.294 e. The van der Waals surface area contributed by atoms with Crippen molar-refractivity contribution in [3.05, 3.63) is 46.8 Å². The van der Waals surface area contributed by atoms with Crippen LogP contribution in [0.5, 0.6) is 0 Å². The molecule has 0 saturated carbocycles. The Kier molecular flexibility index (Phi) is 3.26. The first-order valence-corrected chi connectivity index (χ1v) is 5.98. The molecule has 0 aliphatic heterocycles. The number of carbonyl (C=O) groups excluding carboxylic acids is 1. The number of carbonyl (C=O) groups is 1. The summed E-state index contributed by atoms with van der Waals surface area (Å²) in [5.41, 5.74) is -0.565. The van der Waals surface area contributed by atoms with Crippen LogP contribution in [0.25, 0.3) is 10.4 Å². The summed E-state index contributed by atoms with van der Waals surface area (Å²) >= 11 is 1.07. The molecule has 0 fully saturated rings. The third-order valence-electron chi connectivity index (χ3n) is 2.45. The molecule has 0 atom stereocenters. The standard InChI is InChI=1S/C13H9F3OS/c1-8(17)11-6-7-12(18-11)9-4-2-3-5-10(9)13(14,15)16/h2-7H,1H3. The van der Waals surface area contributed by atoms with Gasteiger partial charge in [0, 0.05) is 10.4 Å². The number of thiophene rings is 1. The van der Waals surface area contributed by atoms with E-state index in [4.69, 9.17) is 0 Å². The number of benzene rings is 1. The van der Waals surface area contributed by atoms with E-state index < -0.39 is 11.7 Å². The summed E-state index contributed by atoms with van der Waals surface area (Å²) in [6.07, 6.45) is -4.39. The van der Waals surface area contributed by atoms with Crippen molar-refractivity contribution >= 4 is 17.1 Å². The van der Waals surface area contributed by atoms with Crippen LogP contribution in [0.1, 0.15) is 22.2 Å². The topological polar surface area (TPSA) is 17.1 Å². The number of halogens is 3. The van der Waals surface area contributed by atoms with Gasteiger partial charge in [-0.2, -0.15) is 13.2 Å². The Morgan fingerprint density at radius 1 is 1.11 bits per heavy atom. The second-order valence-corrected chi connectivity index (χ2v) is 4.85. The minimum absolute atomic E-state index is 0.113. The van der Waals surface area contributed by atoms with Gasteiger partial charge in [0.05, 0.1) is 10.4 Å². The van der Waals surface area contributed by atoms with Crippen molar-refractivity contribution < 1.29 is 18.0 Å². The van der Waals surface area contributed by atoms with Gasteiger partial charge in [-0.25, -0.2) is 0 Å². The zero-order chi connectivity index (χ0) is 13.3. The van der Waals surface area contributed by atoms with Gasteiger partial charge in [-0.3, -0.25) is 4.79 Å². The highest BCUT2D eigenvalue weighted by molar-refractivity contribution is 7.17. The van der Waals surface area contributed by atoms with Crippen LogP contribution in [0.4, 0.5) is 13.2 Å². The molecular weight excluding hydrogens is 261 g/mol. The number of Topliss-reactive ketones (excluding diaryl/α,β-unsaturated/α-hetero) is 1. The predicted octanol–water partition coefficient (Wildman–Crippen LogP) is 4.64. The fourth-order valence-electron chi connectivity index (χ4n) is 1.62. The summed E-state index contributed by atoms with van der Waals surface area (Å²) in [4.78, 5) is 12.1. The summed E-state index contributed by atoms with van der Waals surface area (Å²) in [6.45, 7) is 1.39. The lowest BCUT2D eigenvalue weighted by Crippen LogP contribution is -2.06. The van der Waals surface area contributed by atoms with Crippen LogP contribution >= 0.6 is 11.3 Å². The largest absolute Gasteiger partial charge is 0.417 e. The lowest BCUT2D eigenvalue weighted by molar-refractivity contribution is -0.137. The van der Waals surface area contributed by atoms with Gasteiger partial charge in [0.15, 0.2) is 5.78 Å². The predicted molar refractivity (Wildman–Crippen MR) is 64.8 cm³/mol. The maximum Gasteiger partial charge on any atom is 0.417 e. The molecule has 0 amide bonds. The first-order chi connectivity index (χ1) is 8.39. The third-order valence-corrected chi connectivity index (χ3v) is 3.67. The van der Waals surface area contributed by atoms with E-state index in [0.717, 1.165) is 17.4 Å². The van der Waals surface area contributed by atoms with Crippen LogP contribution in [0.15, 0.2) is 36.4 Å². The Morgan fingerprint density at radius 3 is 2.33 bits per heavy atom. The van der Waals surface area contributed by atoms with Crippen molar-refractivity contribution in [1.29, 1.82) is 0 Å². The van der Waals surface area contributed by atoms with Gasteiger partial charge in [0.25, 0.3) is 0 Å². The Morgan fingerprint density at radius 2 is 1.78 bits per heavy atom. The maximum absolute atomic E-state index is 12.8. The van der Waals surface area contributed by atoms with Crippen LogP contribution in [0, 0.1) is 0 Å². The van der Waals surface area contributed by atoms with E-state index in [1.807, 2.05) is 0 Å². The first kappa shape index (κ1) is 12.8. The molecule has 0 spiro atoms. The molecule has 1 aromatic heterocycles. The van der Waals surface area contributed by atoms with E-state index in [2.05, 4.69) is 0 Å². The average molecular weight is 270 g/mol. The smallest absolute Gasteiger partial charge is 0.294 e. The second-order valence-electron chi connectivity index (χ2n) is 3.76. The van der Waals surface area contributed by atoms with Gasteiger partial charge in [0.1, 0.15) is 0 Å². The Balaban J connectivity index is 2.53. The Bertz CT molecular complexity index is 584. The molecule has 0 aliphatic rings. The molecule has 0 radical (unpaired) electrons. The minimum atomic E-state index is -4.39. The van der Waals surface area contributed by atoms with Gasteiger partial charge < -0.3 is 0 Å². The van der Waals surface area contributed by atoms with E-state index in [9.17, 15) is 18.0 Å². The number of hydrogen-bond donors (Lipinski definition) is 0. The Labute approximate surface area is 106 Å². The number of ketones is 1. The van der Waals surface area contributed by atoms with Crippen LogP contribution in [0.3, 0.4) is 0 Å². The monoisotopic (exact) mass is 270 g/mol. The molecule has 1 aromatic carbocycles. The van der Waals surface area contributed by atoms with Crippen LogP contribution < -0.4 is 0 Å². The van der Waals surface area contributed by atoms with E-state index in [1.54, 1.807) is 18.2 Å². The van der Waals surface area contributed by atoms with Gasteiger partial charge in [-0.05, 0) is 25.1 Å². The van der Waals surface area contributed by atoms with Crippen molar-refractivity contribution in [3.8, 4) is 10.4 Å². The summed E-state index contributed by atoms with van der Waals surface area (Å²) in [7, 11) is 0. The molecule has 18 heavy (non-hydrogen) atoms. The van der Waals surface area contributed by atoms with Gasteiger partial charge in [0.2, 0.25) is 0 Å². The average Bonchev–Trinajstić information content (AvgIpc) is 2.77. The summed E-state index contributed by atoms with van der Waals surface area (Å²) in [6, 6.07) is 8.46. The fourth-order valence-corrected chi connectivity index (χ4v) is 2.56. The van der Waals surface area contributed by atoms with Crippen molar-refractivity contribution in [1.82, 2.24) is 0 Å². The lowest BCUT2D eigenvalue weighted by atomic mass is 10.1. The molecule has 0 unspecified atom stereocenters. The van der Waals surface area contributed by atoms with Crippen molar-refractivity contribution in [3.63, 3.8) is 0 Å². The van der Waals surface area contributed by atoms with E-state index in [1.165, 1.54) is 19.1 Å². The SMILES string of the molecule is CC(=O)c1ccc(-c2ccccc2C(F)(F)F)s1. The molecule has 0 N–H and O–H groups in total. The van der Waals surface area contributed by atoms with Crippen LogP contribution in [-0.2, 0) is 6.18 Å². The molecule has 94 valence electrons. The fraction of sp³-hybridized carbons (Fsp3) is 0.154. The molecule has 0 saturated heterocycles. The summed E-state index contributed by atoms with van der Waals surface area (Å²) < 4.78 is 38.5. The maximum atomic E-state index is 12.8. The normalized spacial score (nSPS) is 11.6. The highest BCUT2D eigenvalue weighted by Gasteiger charge is 2.33. The Hall–Kier alpha value is -1.62. The molecular formula is C13H9F3OS. The molecule has 0 bridgehead atoms. The molecule has 0 aliphatic carbocycles. The van der Waals surface area contributed by atoms with E-state index >= 15 is 0 Å². The first-order valence-electron chi connectivity index (χ1n) is 5.17. The van der Waals surface area contributed by atoms with Crippen molar-refractivity contribution in [2.24, 2.45) is 0 Å². The molecule has 2 aromatic rings. The molecule has 5 heteroatoms. The third kappa shape index (κ3) is 2.46. The summed E-state index contributed by atoms with van der Waals surface area (Å²) in [5.74, 6) is -0.143. The van der Waals surface area contributed by atoms with Gasteiger partial charge in [-0.1, -0.05) is 18.2 Å². The van der Waals surface area contributed by atoms with Gasteiger partial charge >= 0.3 is 6.18 Å². The zero-order valence-electron chi connectivity index (χ0n) is 9.41. The molecule has 1 heterocycles. The number of hydrogen-bond acceptors (Lipinski definition) is 2. The van der Waals surface area contributed by atoms with Crippen molar-refractivity contribution in [2.75, 3.05) is 0 Å². The second kappa shape index (κ2) is 4.57. The van der Waals surface area contributed by atoms with Gasteiger partial charge in [-0.15, -0.1) is 11.3 Å². The highest BCUT2D eigenvalue weighted by atomic mass is 32.1. The van der Waals surface area contributed by atoms with E-state index in [-0.39, 0.29) is 11.3 Å². The van der Waals surface area contributed by atoms with Crippen molar-refractivity contribution in [2.45, 2.75) is 13.1 Å². The molecule has 1 nitrogen and oxygen atoms in total. The zero-order valence-corrected chi connectivity index (χ0v) is 10.2. The number of rotatable bonds is 2. The van der Waals surface area contributed by atoms with E-state index in [0.29, 0.717) is 9.75 Å². The molecule has 2 rings (SSSR count). The lowest BCUT2D eigenvalue weighted by Gasteiger charge is -2.10. The summed E-state index contributed by atoms with van der Waals surface area (Å²) in [5, 5.41) is 0. The highest BCUT2D eigenvalue weighted by Crippen LogP contribution is 2.39.